The highest BCUT2D eigenvalue weighted by Crippen LogP contribution is 2.30. The number of carbonyl (C=O) groups is 1. The van der Waals surface area contributed by atoms with Crippen molar-refractivity contribution in [1.29, 1.82) is 0 Å². The molecule has 0 aromatic carbocycles. The minimum atomic E-state index is -1.85. The monoisotopic (exact) mass is 169 g/mol. The number of alkyl halides is 1. The summed E-state index contributed by atoms with van der Waals surface area (Å²) in [7, 11) is 0. The zero-order chi connectivity index (χ0) is 9.41. The molecule has 12 heavy (non-hydrogen) atoms. The van der Waals surface area contributed by atoms with E-state index in [9.17, 15) is 9.18 Å². The van der Waals surface area contributed by atoms with Gasteiger partial charge in [0.2, 0.25) is 5.78 Å². The Morgan fingerprint density at radius 2 is 2.25 bits per heavy atom. The lowest BCUT2D eigenvalue weighted by molar-refractivity contribution is -0.123. The fraction of sp³-hybridized carbons (Fsp3) is 0.667. The fourth-order valence-corrected chi connectivity index (χ4v) is 1.49. The van der Waals surface area contributed by atoms with Crippen LogP contribution in [0, 0.1) is 12.3 Å². The molecule has 1 saturated heterocycles. The first kappa shape index (κ1) is 9.21. The van der Waals surface area contributed by atoms with Crippen molar-refractivity contribution in [2.75, 3.05) is 6.54 Å². The van der Waals surface area contributed by atoms with Crippen LogP contribution in [0.4, 0.5) is 4.39 Å². The van der Waals surface area contributed by atoms with Crippen LogP contribution in [0.2, 0.25) is 0 Å². The molecule has 0 bridgehead atoms. The molecule has 2 nitrogen and oxygen atoms in total. The number of ketones is 1. The van der Waals surface area contributed by atoms with Gasteiger partial charge in [0.1, 0.15) is 0 Å². The Hall–Kier alpha value is -0.880. The number of halogens is 1. The predicted octanol–water partition coefficient (Wildman–Crippen LogP) is 0.669. The molecule has 0 radical (unpaired) electrons. The van der Waals surface area contributed by atoms with Gasteiger partial charge in [0.05, 0.1) is 0 Å². The van der Waals surface area contributed by atoms with Crippen molar-refractivity contribution in [1.82, 2.24) is 5.32 Å². The van der Waals surface area contributed by atoms with E-state index in [-0.39, 0.29) is 18.5 Å². The van der Waals surface area contributed by atoms with Gasteiger partial charge in [0.15, 0.2) is 5.67 Å². The number of rotatable bonds is 1. The van der Waals surface area contributed by atoms with Crippen molar-refractivity contribution >= 4 is 5.78 Å². The Kier molecular flexibility index (Phi) is 1.97. The first-order valence-electron chi connectivity index (χ1n) is 3.85. The molecule has 1 N–H and O–H groups in total. The second-order valence-electron chi connectivity index (χ2n) is 3.85. The van der Waals surface area contributed by atoms with Crippen molar-refractivity contribution in [3.05, 3.63) is 0 Å². The minimum Gasteiger partial charge on any atom is -0.308 e. The molecule has 1 heterocycles. The van der Waals surface area contributed by atoms with Crippen molar-refractivity contribution in [2.45, 2.75) is 31.5 Å². The third-order valence-electron chi connectivity index (χ3n) is 2.11. The topological polar surface area (TPSA) is 29.1 Å². The number of carbonyl (C=O) groups excluding carboxylic acids is 1. The smallest absolute Gasteiger partial charge is 0.243 e. The highest BCUT2D eigenvalue weighted by atomic mass is 19.1. The molecule has 3 heteroatoms. The van der Waals surface area contributed by atoms with E-state index in [0.29, 0.717) is 0 Å². The first-order chi connectivity index (χ1) is 5.40. The van der Waals surface area contributed by atoms with Gasteiger partial charge in [0.25, 0.3) is 0 Å². The summed E-state index contributed by atoms with van der Waals surface area (Å²) >= 11 is 0. The minimum absolute atomic E-state index is 0.0308. The second-order valence-corrected chi connectivity index (χ2v) is 3.85. The van der Waals surface area contributed by atoms with E-state index in [0.717, 1.165) is 0 Å². The molecular formula is C9H12FNO. The van der Waals surface area contributed by atoms with Crippen LogP contribution in [0.1, 0.15) is 20.3 Å². The summed E-state index contributed by atoms with van der Waals surface area (Å²) in [6.45, 7) is 3.72. The maximum atomic E-state index is 13.6. The largest absolute Gasteiger partial charge is 0.308 e. The maximum Gasteiger partial charge on any atom is 0.243 e. The first-order valence-corrected chi connectivity index (χ1v) is 3.85. The van der Waals surface area contributed by atoms with Crippen LogP contribution in [-0.2, 0) is 4.79 Å². The van der Waals surface area contributed by atoms with Crippen LogP contribution in [0.15, 0.2) is 0 Å². The van der Waals surface area contributed by atoms with Crippen molar-refractivity contribution in [2.24, 2.45) is 0 Å². The lowest BCUT2D eigenvalue weighted by Crippen LogP contribution is -2.34. The summed E-state index contributed by atoms with van der Waals surface area (Å²) < 4.78 is 13.6. The Morgan fingerprint density at radius 1 is 1.67 bits per heavy atom. The molecule has 1 aliphatic rings. The molecule has 0 spiro atoms. The van der Waals surface area contributed by atoms with E-state index in [2.05, 4.69) is 5.32 Å². The van der Waals surface area contributed by atoms with Crippen LogP contribution in [0.3, 0.4) is 0 Å². The second kappa shape index (κ2) is 2.56. The predicted molar refractivity (Wildman–Crippen MR) is 44.4 cm³/mol. The van der Waals surface area contributed by atoms with Crippen LogP contribution in [-0.4, -0.2) is 23.5 Å². The molecule has 0 saturated carbocycles. The lowest BCUT2D eigenvalue weighted by atomic mass is 9.91. The molecular weight excluding hydrogens is 157 g/mol. The summed E-state index contributed by atoms with van der Waals surface area (Å²) in [6, 6.07) is 0. The number of hydrogen-bond acceptors (Lipinski definition) is 2. The Balaban J connectivity index is 2.79. The van der Waals surface area contributed by atoms with Gasteiger partial charge in [-0.15, -0.1) is 6.42 Å². The van der Waals surface area contributed by atoms with Gasteiger partial charge in [-0.05, 0) is 19.8 Å². The Bertz CT molecular complexity index is 254. The van der Waals surface area contributed by atoms with Gasteiger partial charge in [0, 0.05) is 18.5 Å². The third-order valence-corrected chi connectivity index (χ3v) is 2.11. The number of Topliss-reactive ketones (excluding diaryl/α,β-unsaturated/α-hetero) is 1. The summed E-state index contributed by atoms with van der Waals surface area (Å²) in [5.41, 5.74) is -2.18. The highest BCUT2D eigenvalue weighted by Gasteiger charge is 2.48. The molecule has 1 fully saturated rings. The summed E-state index contributed by atoms with van der Waals surface area (Å²) in [6.07, 6.45) is 5.01. The van der Waals surface area contributed by atoms with Gasteiger partial charge in [-0.1, -0.05) is 0 Å². The molecule has 0 aromatic rings. The maximum absolute atomic E-state index is 13.6. The molecule has 1 atom stereocenters. The molecule has 66 valence electrons. The standard InChI is InChI=1S/C9H12FNO/c1-4-7(12)9(10)5-8(2,3)11-6-9/h1,11H,5-6H2,2-3H3/t9-/m1/s1. The summed E-state index contributed by atoms with van der Waals surface area (Å²) in [5.74, 6) is 1.08. The van der Waals surface area contributed by atoms with E-state index >= 15 is 0 Å². The van der Waals surface area contributed by atoms with Crippen LogP contribution in [0.5, 0.6) is 0 Å². The average Bonchev–Trinajstić information content (AvgIpc) is 2.25. The zero-order valence-corrected chi connectivity index (χ0v) is 7.28. The quantitative estimate of drug-likeness (QED) is 0.461. The number of nitrogens with one attached hydrogen (secondary N) is 1. The molecule has 0 aliphatic carbocycles. The van der Waals surface area contributed by atoms with Crippen LogP contribution < -0.4 is 5.32 Å². The summed E-state index contributed by atoms with van der Waals surface area (Å²) in [4.78, 5) is 11.0. The van der Waals surface area contributed by atoms with Crippen molar-refractivity contribution in [3.63, 3.8) is 0 Å². The van der Waals surface area contributed by atoms with E-state index < -0.39 is 11.5 Å². The van der Waals surface area contributed by atoms with Gasteiger partial charge in [-0.2, -0.15) is 0 Å². The third kappa shape index (κ3) is 1.49. The van der Waals surface area contributed by atoms with Gasteiger partial charge < -0.3 is 5.32 Å². The van der Waals surface area contributed by atoms with E-state index in [1.54, 1.807) is 0 Å². The summed E-state index contributed by atoms with van der Waals surface area (Å²) in [5, 5.41) is 2.91. The van der Waals surface area contributed by atoms with E-state index in [1.807, 2.05) is 19.8 Å². The Morgan fingerprint density at radius 3 is 2.58 bits per heavy atom. The van der Waals surface area contributed by atoms with Crippen LogP contribution in [0.25, 0.3) is 0 Å². The SMILES string of the molecule is C#CC(=O)[C@]1(F)CNC(C)(C)C1. The average molecular weight is 169 g/mol. The van der Waals surface area contributed by atoms with E-state index in [4.69, 9.17) is 6.42 Å². The zero-order valence-electron chi connectivity index (χ0n) is 7.28. The normalized spacial score (nSPS) is 32.8. The van der Waals surface area contributed by atoms with Crippen molar-refractivity contribution in [3.8, 4) is 12.3 Å². The number of terminal acetylenes is 1. The fourth-order valence-electron chi connectivity index (χ4n) is 1.49. The van der Waals surface area contributed by atoms with Gasteiger partial charge >= 0.3 is 0 Å². The lowest BCUT2D eigenvalue weighted by Gasteiger charge is -2.18. The van der Waals surface area contributed by atoms with Gasteiger partial charge in [-0.3, -0.25) is 4.79 Å². The Labute approximate surface area is 71.5 Å². The molecule has 0 amide bonds. The van der Waals surface area contributed by atoms with E-state index in [1.165, 1.54) is 0 Å². The highest BCUT2D eigenvalue weighted by molar-refractivity contribution is 6.02. The molecule has 0 aromatic heterocycles. The molecule has 1 aliphatic heterocycles. The molecule has 0 unspecified atom stereocenters. The number of hydrogen-bond donors (Lipinski definition) is 1. The molecule has 1 rings (SSSR count). The van der Waals surface area contributed by atoms with Gasteiger partial charge in [-0.25, -0.2) is 4.39 Å². The van der Waals surface area contributed by atoms with Crippen molar-refractivity contribution < 1.29 is 9.18 Å². The van der Waals surface area contributed by atoms with Crippen LogP contribution >= 0.6 is 0 Å².